The zero-order chi connectivity index (χ0) is 17.2. The van der Waals surface area contributed by atoms with Gasteiger partial charge in [-0.3, -0.25) is 9.78 Å². The molecule has 7 heteroatoms. The molecule has 2 aromatic heterocycles. The summed E-state index contributed by atoms with van der Waals surface area (Å²) in [6.45, 7) is 1.46. The van der Waals surface area contributed by atoms with Crippen LogP contribution in [0.1, 0.15) is 43.9 Å². The molecule has 2 aromatic rings. The van der Waals surface area contributed by atoms with E-state index < -0.39 is 0 Å². The molecule has 1 aliphatic heterocycles. The maximum Gasteiger partial charge on any atom is 0.230 e. The van der Waals surface area contributed by atoms with E-state index in [-0.39, 0.29) is 23.8 Å². The number of nitrogens with zero attached hydrogens (tertiary/aromatic N) is 4. The Kier molecular flexibility index (Phi) is 4.48. The van der Waals surface area contributed by atoms with Crippen molar-refractivity contribution >= 4 is 5.91 Å². The number of likely N-dealkylation sites (tertiary alicyclic amines) is 1. The van der Waals surface area contributed by atoms with Gasteiger partial charge in [-0.25, -0.2) is 0 Å². The number of hydrogen-bond acceptors (Lipinski definition) is 6. The number of amides is 1. The Hall–Kier alpha value is -2.28. The number of piperidine rings is 1. The van der Waals surface area contributed by atoms with Gasteiger partial charge >= 0.3 is 0 Å². The molecule has 0 bridgehead atoms. The van der Waals surface area contributed by atoms with Crippen LogP contribution in [0.2, 0.25) is 0 Å². The quantitative estimate of drug-likeness (QED) is 0.916. The van der Waals surface area contributed by atoms with Gasteiger partial charge in [-0.1, -0.05) is 17.6 Å². The number of hydrogen-bond donors (Lipinski definition) is 1. The van der Waals surface area contributed by atoms with Crippen LogP contribution in [-0.2, 0) is 4.79 Å². The first-order chi connectivity index (χ1) is 12.2. The molecule has 132 valence electrons. The largest absolute Gasteiger partial charge is 0.342 e. The summed E-state index contributed by atoms with van der Waals surface area (Å²) in [5, 5.41) is 4.04. The second-order valence-electron chi connectivity index (χ2n) is 6.97. The van der Waals surface area contributed by atoms with Gasteiger partial charge < -0.3 is 15.2 Å². The molecule has 25 heavy (non-hydrogen) atoms. The summed E-state index contributed by atoms with van der Waals surface area (Å²) in [6.07, 6.45) is 6.35. The summed E-state index contributed by atoms with van der Waals surface area (Å²) in [6, 6.07) is 5.65. The predicted molar refractivity (Wildman–Crippen MR) is 91.4 cm³/mol. The number of nitrogens with two attached hydrogens (primary N) is 1. The second-order valence-corrected chi connectivity index (χ2v) is 6.97. The van der Waals surface area contributed by atoms with Crippen LogP contribution in [0.5, 0.6) is 0 Å². The molecule has 0 spiro atoms. The predicted octanol–water partition coefficient (Wildman–Crippen LogP) is 1.97. The summed E-state index contributed by atoms with van der Waals surface area (Å²) < 4.78 is 5.45. The third-order valence-electron chi connectivity index (χ3n) is 5.38. The highest BCUT2D eigenvalue weighted by Crippen LogP contribution is 2.31. The van der Waals surface area contributed by atoms with E-state index in [1.54, 1.807) is 6.20 Å². The van der Waals surface area contributed by atoms with E-state index in [4.69, 9.17) is 10.3 Å². The van der Waals surface area contributed by atoms with Gasteiger partial charge in [0.1, 0.15) is 5.69 Å². The van der Waals surface area contributed by atoms with E-state index in [0.29, 0.717) is 17.4 Å². The van der Waals surface area contributed by atoms with Gasteiger partial charge in [0.2, 0.25) is 17.6 Å². The molecular formula is C18H23N5O2. The van der Waals surface area contributed by atoms with Gasteiger partial charge in [0.15, 0.2) is 0 Å². The van der Waals surface area contributed by atoms with Crippen LogP contribution in [0.4, 0.5) is 0 Å². The highest BCUT2D eigenvalue weighted by Gasteiger charge is 2.35. The monoisotopic (exact) mass is 341 g/mol. The lowest BCUT2D eigenvalue weighted by molar-refractivity contribution is -0.136. The minimum atomic E-state index is 0.00992. The number of pyridine rings is 1. The fourth-order valence-corrected chi connectivity index (χ4v) is 3.88. The lowest BCUT2D eigenvalue weighted by atomic mass is 9.94. The molecule has 4 rings (SSSR count). The summed E-state index contributed by atoms with van der Waals surface area (Å²) in [5.74, 6) is 1.60. The smallest absolute Gasteiger partial charge is 0.230 e. The molecule has 2 aliphatic rings. The number of rotatable bonds is 3. The lowest BCUT2D eigenvalue weighted by Crippen LogP contribution is -2.45. The Morgan fingerprint density at radius 3 is 2.72 bits per heavy atom. The van der Waals surface area contributed by atoms with Gasteiger partial charge in [0.25, 0.3) is 0 Å². The van der Waals surface area contributed by atoms with Gasteiger partial charge in [0, 0.05) is 31.2 Å². The minimum Gasteiger partial charge on any atom is -0.342 e. The Bertz CT molecular complexity index is 724. The Morgan fingerprint density at radius 1 is 1.20 bits per heavy atom. The number of carbonyl (C=O) groups excluding carboxylic acids is 1. The summed E-state index contributed by atoms with van der Waals surface area (Å²) in [7, 11) is 0. The van der Waals surface area contributed by atoms with Gasteiger partial charge in [-0.05, 0) is 37.8 Å². The first-order valence-corrected chi connectivity index (χ1v) is 9.02. The van der Waals surface area contributed by atoms with E-state index >= 15 is 0 Å². The van der Waals surface area contributed by atoms with E-state index in [1.807, 2.05) is 23.1 Å². The van der Waals surface area contributed by atoms with Crippen LogP contribution < -0.4 is 5.73 Å². The van der Waals surface area contributed by atoms with Crippen LogP contribution in [0, 0.1) is 5.92 Å². The highest BCUT2D eigenvalue weighted by molar-refractivity contribution is 5.80. The van der Waals surface area contributed by atoms with Crippen molar-refractivity contribution in [1.82, 2.24) is 20.0 Å². The molecule has 2 fully saturated rings. The van der Waals surface area contributed by atoms with Crippen LogP contribution in [0.25, 0.3) is 11.5 Å². The van der Waals surface area contributed by atoms with Crippen molar-refractivity contribution in [3.8, 4) is 11.5 Å². The second kappa shape index (κ2) is 6.92. The number of carbonyl (C=O) groups is 1. The van der Waals surface area contributed by atoms with E-state index in [2.05, 4.69) is 15.1 Å². The molecule has 1 saturated carbocycles. The van der Waals surface area contributed by atoms with Gasteiger partial charge in [0.05, 0.1) is 5.92 Å². The first-order valence-electron chi connectivity index (χ1n) is 9.02. The van der Waals surface area contributed by atoms with Crippen molar-refractivity contribution < 1.29 is 9.32 Å². The summed E-state index contributed by atoms with van der Waals surface area (Å²) in [5.41, 5.74) is 6.78. The molecule has 0 radical (unpaired) electrons. The fourth-order valence-electron chi connectivity index (χ4n) is 3.88. The van der Waals surface area contributed by atoms with E-state index in [0.717, 1.165) is 45.2 Å². The zero-order valence-electron chi connectivity index (χ0n) is 14.2. The fraction of sp³-hybridized carbons (Fsp3) is 0.556. The molecule has 7 nitrogen and oxygen atoms in total. The Balaban J connectivity index is 1.37. The van der Waals surface area contributed by atoms with Crippen molar-refractivity contribution in [2.45, 2.75) is 44.1 Å². The third-order valence-corrected chi connectivity index (χ3v) is 5.38. The molecule has 1 saturated heterocycles. The van der Waals surface area contributed by atoms with Gasteiger partial charge in [-0.2, -0.15) is 4.98 Å². The molecule has 2 atom stereocenters. The molecule has 1 amide bonds. The van der Waals surface area contributed by atoms with Crippen LogP contribution >= 0.6 is 0 Å². The molecule has 2 N–H and O–H groups in total. The van der Waals surface area contributed by atoms with Crippen LogP contribution in [-0.4, -0.2) is 45.1 Å². The van der Waals surface area contributed by atoms with Crippen molar-refractivity contribution in [1.29, 1.82) is 0 Å². The topological polar surface area (TPSA) is 98.1 Å². The standard InChI is InChI=1S/C18H23N5O2/c19-14-5-3-4-13(14)18(24)23-10-7-12(8-11-23)17-21-16(22-25-17)15-6-1-2-9-20-15/h1-2,6,9,12-14H,3-5,7-8,10-11,19H2/t13-,14-/m0/s1. The van der Waals surface area contributed by atoms with Crippen molar-refractivity contribution in [2.24, 2.45) is 11.7 Å². The third kappa shape index (κ3) is 3.28. The summed E-state index contributed by atoms with van der Waals surface area (Å²) in [4.78, 5) is 23.3. The van der Waals surface area contributed by atoms with E-state index in [9.17, 15) is 4.79 Å². The molecule has 3 heterocycles. The zero-order valence-corrected chi connectivity index (χ0v) is 14.2. The molecular weight excluding hydrogens is 318 g/mol. The van der Waals surface area contributed by atoms with Crippen molar-refractivity contribution in [2.75, 3.05) is 13.1 Å². The average Bonchev–Trinajstić information content (AvgIpc) is 3.31. The van der Waals surface area contributed by atoms with Crippen LogP contribution in [0.15, 0.2) is 28.9 Å². The van der Waals surface area contributed by atoms with Crippen molar-refractivity contribution in [3.05, 3.63) is 30.3 Å². The average molecular weight is 341 g/mol. The normalized spacial score (nSPS) is 24.6. The number of aromatic nitrogens is 3. The first kappa shape index (κ1) is 16.2. The SMILES string of the molecule is N[C@H]1CCC[C@@H]1C(=O)N1CCC(c2nc(-c3ccccn3)no2)CC1. The van der Waals surface area contributed by atoms with Crippen molar-refractivity contribution in [3.63, 3.8) is 0 Å². The Morgan fingerprint density at radius 2 is 2.04 bits per heavy atom. The minimum absolute atomic E-state index is 0.00992. The molecule has 0 unspecified atom stereocenters. The highest BCUT2D eigenvalue weighted by atomic mass is 16.5. The lowest BCUT2D eigenvalue weighted by Gasteiger charge is -2.33. The molecule has 1 aliphatic carbocycles. The van der Waals surface area contributed by atoms with Crippen LogP contribution in [0.3, 0.4) is 0 Å². The maximum absolute atomic E-state index is 12.6. The van der Waals surface area contributed by atoms with E-state index in [1.165, 1.54) is 0 Å². The molecule has 0 aromatic carbocycles. The summed E-state index contributed by atoms with van der Waals surface area (Å²) >= 11 is 0. The maximum atomic E-state index is 12.6. The van der Waals surface area contributed by atoms with Gasteiger partial charge in [-0.15, -0.1) is 0 Å². The Labute approximate surface area is 146 Å².